The highest BCUT2D eigenvalue weighted by atomic mass is 32.2. The van der Waals surface area contributed by atoms with E-state index in [-0.39, 0.29) is 24.2 Å². The van der Waals surface area contributed by atoms with E-state index in [9.17, 15) is 18.4 Å². The van der Waals surface area contributed by atoms with Crippen molar-refractivity contribution in [1.82, 2.24) is 14.8 Å². The zero-order valence-electron chi connectivity index (χ0n) is 18.5. The van der Waals surface area contributed by atoms with E-state index in [1.807, 2.05) is 0 Å². The number of fused-ring (bicyclic) bond motifs is 1. The summed E-state index contributed by atoms with van der Waals surface area (Å²) in [5.74, 6) is -0.913. The van der Waals surface area contributed by atoms with E-state index in [1.54, 1.807) is 60.0 Å². The van der Waals surface area contributed by atoms with Gasteiger partial charge in [-0.3, -0.25) is 19.1 Å². The summed E-state index contributed by atoms with van der Waals surface area (Å²) in [5.41, 5.74) is 2.38. The Balaban J connectivity index is 1.49. The van der Waals surface area contributed by atoms with Crippen LogP contribution in [0.25, 0.3) is 17.1 Å². The maximum Gasteiger partial charge on any atom is 0.244 e. The summed E-state index contributed by atoms with van der Waals surface area (Å²) in [5, 5.41) is 11.1. The van der Waals surface area contributed by atoms with Gasteiger partial charge < -0.3 is 5.32 Å². The molecule has 1 aliphatic rings. The molecular weight excluding hydrogens is 472 g/mol. The number of nitrogens with zero attached hydrogens (tertiary/aromatic N) is 4. The first-order valence-electron chi connectivity index (χ1n) is 10.7. The fraction of sp³-hybridized carbons (Fsp3) is 0.120. The smallest absolute Gasteiger partial charge is 0.244 e. The Morgan fingerprint density at radius 3 is 2.34 bits per heavy atom. The summed E-state index contributed by atoms with van der Waals surface area (Å²) in [7, 11) is 0. The van der Waals surface area contributed by atoms with Gasteiger partial charge in [-0.2, -0.15) is 0 Å². The summed E-state index contributed by atoms with van der Waals surface area (Å²) in [6.07, 6.45) is 0. The van der Waals surface area contributed by atoms with Gasteiger partial charge in [0.15, 0.2) is 11.0 Å². The molecule has 0 saturated heterocycles. The lowest BCUT2D eigenvalue weighted by molar-refractivity contribution is -0.121. The van der Waals surface area contributed by atoms with Gasteiger partial charge in [0, 0.05) is 11.3 Å². The Bertz CT molecular complexity index is 1410. The van der Waals surface area contributed by atoms with Crippen molar-refractivity contribution < 1.29 is 18.4 Å². The van der Waals surface area contributed by atoms with E-state index < -0.39 is 11.1 Å². The van der Waals surface area contributed by atoms with Crippen LogP contribution in [0.2, 0.25) is 0 Å². The van der Waals surface area contributed by atoms with Crippen LogP contribution in [0.1, 0.15) is 6.92 Å². The number of carbonyl (C=O) groups is 2. The molecule has 1 N–H and O–H groups in total. The second-order valence-electron chi connectivity index (χ2n) is 7.87. The lowest BCUT2D eigenvalue weighted by atomic mass is 10.2. The molecule has 0 fully saturated rings. The Labute approximate surface area is 203 Å². The van der Waals surface area contributed by atoms with E-state index in [2.05, 4.69) is 15.5 Å². The second-order valence-corrected chi connectivity index (χ2v) is 9.18. The number of hydrogen-bond acceptors (Lipinski definition) is 5. The van der Waals surface area contributed by atoms with Crippen LogP contribution in [-0.2, 0) is 9.59 Å². The first-order valence-corrected chi connectivity index (χ1v) is 11.6. The monoisotopic (exact) mass is 491 g/mol. The number of halogens is 2. The molecule has 2 heterocycles. The van der Waals surface area contributed by atoms with E-state index >= 15 is 0 Å². The molecule has 2 amide bonds. The molecule has 0 radical (unpaired) electrons. The van der Waals surface area contributed by atoms with E-state index in [0.29, 0.717) is 33.6 Å². The minimum absolute atomic E-state index is 0.0910. The van der Waals surface area contributed by atoms with Gasteiger partial charge in [0.2, 0.25) is 11.8 Å². The Morgan fingerprint density at radius 2 is 1.63 bits per heavy atom. The number of amides is 2. The fourth-order valence-corrected chi connectivity index (χ4v) is 4.74. The number of benzene rings is 3. The van der Waals surface area contributed by atoms with Gasteiger partial charge in [0.1, 0.15) is 18.2 Å². The molecule has 0 saturated carbocycles. The average molecular weight is 492 g/mol. The van der Waals surface area contributed by atoms with Gasteiger partial charge in [-0.1, -0.05) is 23.9 Å². The van der Waals surface area contributed by atoms with E-state index in [1.165, 1.54) is 29.2 Å². The predicted molar refractivity (Wildman–Crippen MR) is 129 cm³/mol. The number of anilines is 2. The SMILES string of the molecule is CC(Sc1nnc(-c2ccc(F)cc2)n1-c1ccc(F)cc1)C(=O)N1CC(=O)Nc2ccccc21. The van der Waals surface area contributed by atoms with Gasteiger partial charge in [-0.15, -0.1) is 10.2 Å². The van der Waals surface area contributed by atoms with Crippen molar-refractivity contribution in [2.24, 2.45) is 0 Å². The highest BCUT2D eigenvalue weighted by Gasteiger charge is 2.31. The summed E-state index contributed by atoms with van der Waals surface area (Å²) >= 11 is 1.16. The van der Waals surface area contributed by atoms with Crippen molar-refractivity contribution >= 4 is 35.0 Å². The van der Waals surface area contributed by atoms with Crippen LogP contribution in [-0.4, -0.2) is 38.4 Å². The second kappa shape index (κ2) is 9.30. The van der Waals surface area contributed by atoms with Crippen molar-refractivity contribution in [3.8, 4) is 17.1 Å². The number of para-hydroxylation sites is 2. The molecule has 1 unspecified atom stereocenters. The van der Waals surface area contributed by atoms with Gasteiger partial charge >= 0.3 is 0 Å². The lowest BCUT2D eigenvalue weighted by Gasteiger charge is -2.30. The van der Waals surface area contributed by atoms with Crippen LogP contribution >= 0.6 is 11.8 Å². The highest BCUT2D eigenvalue weighted by Crippen LogP contribution is 2.34. The summed E-state index contributed by atoms with van der Waals surface area (Å²) in [6, 6.07) is 18.7. The molecule has 35 heavy (non-hydrogen) atoms. The van der Waals surface area contributed by atoms with Crippen molar-refractivity contribution in [1.29, 1.82) is 0 Å². The number of thioether (sulfide) groups is 1. The molecular formula is C25H19F2N5O2S. The number of carbonyl (C=O) groups excluding carboxylic acids is 2. The topological polar surface area (TPSA) is 80.1 Å². The average Bonchev–Trinajstić information content (AvgIpc) is 3.27. The first kappa shape index (κ1) is 22.7. The van der Waals surface area contributed by atoms with Crippen LogP contribution in [0, 0.1) is 11.6 Å². The third-order valence-electron chi connectivity index (χ3n) is 5.49. The van der Waals surface area contributed by atoms with Crippen LogP contribution < -0.4 is 10.2 Å². The molecule has 176 valence electrons. The van der Waals surface area contributed by atoms with Gasteiger partial charge in [0.25, 0.3) is 0 Å². The van der Waals surface area contributed by atoms with Crippen molar-refractivity contribution in [3.63, 3.8) is 0 Å². The molecule has 7 nitrogen and oxygen atoms in total. The lowest BCUT2D eigenvalue weighted by Crippen LogP contribution is -2.45. The molecule has 1 aliphatic heterocycles. The van der Waals surface area contributed by atoms with Crippen molar-refractivity contribution in [2.45, 2.75) is 17.3 Å². The summed E-state index contributed by atoms with van der Waals surface area (Å²) < 4.78 is 28.8. The molecule has 10 heteroatoms. The summed E-state index contributed by atoms with van der Waals surface area (Å²) in [4.78, 5) is 27.0. The molecule has 1 aromatic heterocycles. The molecule has 3 aromatic carbocycles. The van der Waals surface area contributed by atoms with Gasteiger partial charge in [0.05, 0.1) is 16.6 Å². The van der Waals surface area contributed by atoms with Gasteiger partial charge in [-0.05, 0) is 67.6 Å². The predicted octanol–water partition coefficient (Wildman–Crippen LogP) is 4.68. The minimum atomic E-state index is -0.626. The molecule has 1 atom stereocenters. The quantitative estimate of drug-likeness (QED) is 0.410. The number of rotatable bonds is 5. The Hall–Kier alpha value is -4.05. The highest BCUT2D eigenvalue weighted by molar-refractivity contribution is 8.00. The van der Waals surface area contributed by atoms with Crippen LogP contribution in [0.15, 0.2) is 78.0 Å². The Morgan fingerprint density at radius 1 is 0.971 bits per heavy atom. The fourth-order valence-electron chi connectivity index (χ4n) is 3.81. The first-order chi connectivity index (χ1) is 16.9. The Kier molecular flexibility index (Phi) is 6.04. The maximum absolute atomic E-state index is 13.6. The standard InChI is InChI=1S/C25H19F2N5O2S/c1-15(24(34)31-14-22(33)28-20-4-2-3-5-21(20)31)35-25-30-29-23(16-6-8-17(26)9-7-16)32(25)19-12-10-18(27)11-13-19/h2-13,15H,14H2,1H3,(H,28,33). The minimum Gasteiger partial charge on any atom is -0.323 e. The summed E-state index contributed by atoms with van der Waals surface area (Å²) in [6.45, 7) is 1.63. The third kappa shape index (κ3) is 4.52. The molecule has 0 aliphatic carbocycles. The number of hydrogen-bond donors (Lipinski definition) is 1. The molecule has 5 rings (SSSR count). The zero-order valence-corrected chi connectivity index (χ0v) is 19.3. The normalized spacial score (nSPS) is 13.8. The number of nitrogens with one attached hydrogen (secondary N) is 1. The van der Waals surface area contributed by atoms with Crippen molar-refractivity contribution in [2.75, 3.05) is 16.8 Å². The van der Waals surface area contributed by atoms with Crippen LogP contribution in [0.4, 0.5) is 20.2 Å². The van der Waals surface area contributed by atoms with Gasteiger partial charge in [-0.25, -0.2) is 8.78 Å². The third-order valence-corrected chi connectivity index (χ3v) is 6.52. The van der Waals surface area contributed by atoms with Crippen LogP contribution in [0.3, 0.4) is 0 Å². The van der Waals surface area contributed by atoms with E-state index in [0.717, 1.165) is 11.8 Å². The largest absolute Gasteiger partial charge is 0.323 e. The van der Waals surface area contributed by atoms with E-state index in [4.69, 9.17) is 0 Å². The van der Waals surface area contributed by atoms with Crippen LogP contribution in [0.5, 0.6) is 0 Å². The molecule has 0 bridgehead atoms. The number of aromatic nitrogens is 3. The van der Waals surface area contributed by atoms with Crippen molar-refractivity contribution in [3.05, 3.63) is 84.4 Å². The molecule has 0 spiro atoms. The molecule has 4 aromatic rings. The zero-order chi connectivity index (χ0) is 24.5. The maximum atomic E-state index is 13.6.